The van der Waals surface area contributed by atoms with E-state index in [9.17, 15) is 4.79 Å². The Hall–Kier alpha value is -2.07. The molecule has 1 saturated heterocycles. The molecule has 4 nitrogen and oxygen atoms in total. The number of hydrogen-bond acceptors (Lipinski definition) is 3. The first-order chi connectivity index (χ1) is 10.6. The molecule has 2 aromatic rings. The van der Waals surface area contributed by atoms with Crippen molar-refractivity contribution in [3.63, 3.8) is 0 Å². The van der Waals surface area contributed by atoms with E-state index in [4.69, 9.17) is 10.2 Å². The molecule has 0 bridgehead atoms. The van der Waals surface area contributed by atoms with Crippen molar-refractivity contribution in [1.82, 2.24) is 4.90 Å². The van der Waals surface area contributed by atoms with Crippen molar-refractivity contribution in [2.75, 3.05) is 6.54 Å². The molecule has 3 rings (SSSR count). The van der Waals surface area contributed by atoms with Crippen molar-refractivity contribution >= 4 is 5.91 Å². The zero-order valence-electron chi connectivity index (χ0n) is 13.1. The number of likely N-dealkylation sites (tertiary alicyclic amines) is 1. The fourth-order valence-corrected chi connectivity index (χ4v) is 3.23. The standard InChI is InChI=1S/C18H22N2O2/c1-12-5-3-6-16(13(12)2)17-7-4-8-20(17)18(21)14-9-15(10-19)22-11-14/h3,5-6,9,11,17H,4,7-8,10,19H2,1-2H3. The maximum Gasteiger partial charge on any atom is 0.257 e. The molecule has 1 aliphatic heterocycles. The SMILES string of the molecule is Cc1cccc(C2CCCN2C(=O)c2coc(CN)c2)c1C. The van der Waals surface area contributed by atoms with Crippen LogP contribution in [0.4, 0.5) is 0 Å². The van der Waals surface area contributed by atoms with Crippen LogP contribution in [0.25, 0.3) is 0 Å². The number of amides is 1. The molecule has 0 aliphatic carbocycles. The molecule has 2 heterocycles. The van der Waals surface area contributed by atoms with Gasteiger partial charge in [0.25, 0.3) is 5.91 Å². The van der Waals surface area contributed by atoms with Gasteiger partial charge in [0.1, 0.15) is 12.0 Å². The second-order valence-electron chi connectivity index (χ2n) is 5.95. The summed E-state index contributed by atoms with van der Waals surface area (Å²) in [6, 6.07) is 8.23. The number of nitrogens with zero attached hydrogens (tertiary/aromatic N) is 1. The molecule has 1 amide bonds. The first-order valence-electron chi connectivity index (χ1n) is 7.76. The third-order valence-electron chi connectivity index (χ3n) is 4.62. The van der Waals surface area contributed by atoms with Gasteiger partial charge >= 0.3 is 0 Å². The third kappa shape index (κ3) is 2.55. The average molecular weight is 298 g/mol. The van der Waals surface area contributed by atoms with Crippen molar-refractivity contribution in [1.29, 1.82) is 0 Å². The zero-order valence-corrected chi connectivity index (χ0v) is 13.1. The monoisotopic (exact) mass is 298 g/mol. The van der Waals surface area contributed by atoms with Crippen LogP contribution in [0, 0.1) is 13.8 Å². The van der Waals surface area contributed by atoms with E-state index >= 15 is 0 Å². The smallest absolute Gasteiger partial charge is 0.257 e. The van der Waals surface area contributed by atoms with Crippen molar-refractivity contribution in [2.24, 2.45) is 5.73 Å². The Morgan fingerprint density at radius 1 is 1.41 bits per heavy atom. The highest BCUT2D eigenvalue weighted by Crippen LogP contribution is 2.35. The van der Waals surface area contributed by atoms with E-state index in [1.54, 1.807) is 6.07 Å². The number of hydrogen-bond donors (Lipinski definition) is 1. The molecule has 2 N–H and O–H groups in total. The van der Waals surface area contributed by atoms with Gasteiger partial charge in [-0.05, 0) is 49.4 Å². The fraction of sp³-hybridized carbons (Fsp3) is 0.389. The van der Waals surface area contributed by atoms with Crippen molar-refractivity contribution in [2.45, 2.75) is 39.3 Å². The van der Waals surface area contributed by atoms with E-state index in [1.807, 2.05) is 4.90 Å². The molecule has 0 spiro atoms. The lowest BCUT2D eigenvalue weighted by Gasteiger charge is -2.26. The summed E-state index contributed by atoms with van der Waals surface area (Å²) in [7, 11) is 0. The third-order valence-corrected chi connectivity index (χ3v) is 4.62. The van der Waals surface area contributed by atoms with E-state index in [0.29, 0.717) is 17.9 Å². The van der Waals surface area contributed by atoms with E-state index in [-0.39, 0.29) is 11.9 Å². The number of benzene rings is 1. The van der Waals surface area contributed by atoms with Crippen LogP contribution in [-0.2, 0) is 6.54 Å². The van der Waals surface area contributed by atoms with Crippen molar-refractivity contribution < 1.29 is 9.21 Å². The summed E-state index contributed by atoms with van der Waals surface area (Å²) in [6.07, 6.45) is 3.56. The predicted octanol–water partition coefficient (Wildman–Crippen LogP) is 3.33. The lowest BCUT2D eigenvalue weighted by Crippen LogP contribution is -2.30. The number of furan rings is 1. The Morgan fingerprint density at radius 2 is 2.23 bits per heavy atom. The zero-order chi connectivity index (χ0) is 15.7. The second-order valence-corrected chi connectivity index (χ2v) is 5.95. The predicted molar refractivity (Wildman–Crippen MR) is 85.5 cm³/mol. The minimum Gasteiger partial charge on any atom is -0.467 e. The summed E-state index contributed by atoms with van der Waals surface area (Å²) in [5, 5.41) is 0. The first kappa shape index (κ1) is 14.9. The molecule has 116 valence electrons. The Morgan fingerprint density at radius 3 is 2.95 bits per heavy atom. The molecular formula is C18H22N2O2. The van der Waals surface area contributed by atoms with Crippen LogP contribution in [-0.4, -0.2) is 17.4 Å². The van der Waals surface area contributed by atoms with Gasteiger partial charge < -0.3 is 15.1 Å². The molecule has 4 heteroatoms. The number of nitrogens with two attached hydrogens (primary N) is 1. The molecule has 0 radical (unpaired) electrons. The van der Waals surface area contributed by atoms with Crippen molar-refractivity contribution in [3.05, 3.63) is 58.5 Å². The van der Waals surface area contributed by atoms with Crippen LogP contribution in [0.1, 0.15) is 51.7 Å². The van der Waals surface area contributed by atoms with Gasteiger partial charge in [0.15, 0.2) is 0 Å². The Balaban J connectivity index is 1.89. The molecule has 1 aromatic carbocycles. The minimum absolute atomic E-state index is 0.0341. The van der Waals surface area contributed by atoms with E-state index < -0.39 is 0 Å². The second kappa shape index (κ2) is 5.97. The largest absolute Gasteiger partial charge is 0.467 e. The summed E-state index contributed by atoms with van der Waals surface area (Å²) in [5.74, 6) is 0.678. The molecular weight excluding hydrogens is 276 g/mol. The van der Waals surface area contributed by atoms with Gasteiger partial charge in [-0.2, -0.15) is 0 Å². The van der Waals surface area contributed by atoms with E-state index in [0.717, 1.165) is 19.4 Å². The Labute approximate surface area is 130 Å². The van der Waals surface area contributed by atoms with Crippen LogP contribution < -0.4 is 5.73 Å². The summed E-state index contributed by atoms with van der Waals surface area (Å²) < 4.78 is 5.31. The van der Waals surface area contributed by atoms with Crippen LogP contribution in [0.3, 0.4) is 0 Å². The highest BCUT2D eigenvalue weighted by molar-refractivity contribution is 5.94. The van der Waals surface area contributed by atoms with Crippen LogP contribution >= 0.6 is 0 Å². The molecule has 1 aliphatic rings. The molecule has 22 heavy (non-hydrogen) atoms. The number of carbonyl (C=O) groups is 1. The molecule has 1 aromatic heterocycles. The average Bonchev–Trinajstić information content (AvgIpc) is 3.18. The quantitative estimate of drug-likeness (QED) is 0.945. The Bertz CT molecular complexity index is 690. The van der Waals surface area contributed by atoms with Gasteiger partial charge in [0.2, 0.25) is 0 Å². The number of aryl methyl sites for hydroxylation is 1. The summed E-state index contributed by atoms with van der Waals surface area (Å²) >= 11 is 0. The lowest BCUT2D eigenvalue weighted by molar-refractivity contribution is 0.0734. The highest BCUT2D eigenvalue weighted by Gasteiger charge is 2.32. The maximum absolute atomic E-state index is 12.8. The number of carbonyl (C=O) groups excluding carboxylic acids is 1. The summed E-state index contributed by atoms with van der Waals surface area (Å²) in [5.41, 5.74) is 9.95. The first-order valence-corrected chi connectivity index (χ1v) is 7.76. The fourth-order valence-electron chi connectivity index (χ4n) is 3.23. The topological polar surface area (TPSA) is 59.5 Å². The Kier molecular flexibility index (Phi) is 4.03. The molecule has 1 atom stereocenters. The summed E-state index contributed by atoms with van der Waals surface area (Å²) in [6.45, 7) is 5.35. The maximum atomic E-state index is 12.8. The van der Waals surface area contributed by atoms with Crippen LogP contribution in [0.15, 0.2) is 34.9 Å². The van der Waals surface area contributed by atoms with Gasteiger partial charge in [-0.15, -0.1) is 0 Å². The van der Waals surface area contributed by atoms with Crippen molar-refractivity contribution in [3.8, 4) is 0 Å². The molecule has 0 saturated carbocycles. The van der Waals surface area contributed by atoms with Gasteiger partial charge in [-0.1, -0.05) is 18.2 Å². The lowest BCUT2D eigenvalue weighted by atomic mass is 9.96. The van der Waals surface area contributed by atoms with Gasteiger partial charge in [-0.25, -0.2) is 0 Å². The molecule has 1 fully saturated rings. The van der Waals surface area contributed by atoms with Crippen LogP contribution in [0.5, 0.6) is 0 Å². The van der Waals surface area contributed by atoms with E-state index in [1.165, 1.54) is 23.0 Å². The molecule has 1 unspecified atom stereocenters. The normalized spacial score (nSPS) is 18.0. The van der Waals surface area contributed by atoms with Gasteiger partial charge in [0, 0.05) is 6.54 Å². The number of rotatable bonds is 3. The van der Waals surface area contributed by atoms with Crippen LogP contribution in [0.2, 0.25) is 0 Å². The van der Waals surface area contributed by atoms with Gasteiger partial charge in [-0.3, -0.25) is 4.79 Å². The van der Waals surface area contributed by atoms with Gasteiger partial charge in [0.05, 0.1) is 18.2 Å². The summed E-state index contributed by atoms with van der Waals surface area (Å²) in [4.78, 5) is 14.7. The van der Waals surface area contributed by atoms with E-state index in [2.05, 4.69) is 32.0 Å². The highest BCUT2D eigenvalue weighted by atomic mass is 16.3. The minimum atomic E-state index is 0.0341.